The van der Waals surface area contributed by atoms with Crippen molar-refractivity contribution < 1.29 is 19.4 Å². The van der Waals surface area contributed by atoms with E-state index in [1.807, 2.05) is 91.0 Å². The van der Waals surface area contributed by atoms with Gasteiger partial charge in [-0.05, 0) is 84.0 Å². The fraction of sp³-hybridized carbons (Fsp3) is 0.200. The fourth-order valence-electron chi connectivity index (χ4n) is 6.15. The third kappa shape index (κ3) is 8.21. The smallest absolute Gasteiger partial charge is 0.326 e. The Morgan fingerprint density at radius 3 is 2.23 bits per heavy atom. The zero-order valence-electron chi connectivity index (χ0n) is 26.0. The van der Waals surface area contributed by atoms with Gasteiger partial charge in [0.05, 0.1) is 11.3 Å². The van der Waals surface area contributed by atoms with Crippen LogP contribution in [0.1, 0.15) is 59.5 Å². The highest BCUT2D eigenvalue weighted by Gasteiger charge is 2.23. The van der Waals surface area contributed by atoms with E-state index in [4.69, 9.17) is 16.3 Å². The van der Waals surface area contributed by atoms with E-state index in [-0.39, 0.29) is 12.0 Å². The normalized spacial score (nSPS) is 13.8. The van der Waals surface area contributed by atoms with E-state index in [2.05, 4.69) is 22.8 Å². The molecule has 1 amide bonds. The Kier molecular flexibility index (Phi) is 10.2. The molecule has 6 nitrogen and oxygen atoms in total. The first-order valence-electron chi connectivity index (χ1n) is 16.0. The van der Waals surface area contributed by atoms with E-state index in [1.54, 1.807) is 18.2 Å². The number of anilines is 2. The molecular formula is C40H37ClN2O4. The number of hydrogen-bond acceptors (Lipinski definition) is 4. The Bertz CT molecular complexity index is 1820. The van der Waals surface area contributed by atoms with Crippen molar-refractivity contribution >= 4 is 34.9 Å². The molecule has 5 aromatic rings. The largest absolute Gasteiger partial charge is 0.480 e. The summed E-state index contributed by atoms with van der Waals surface area (Å²) in [6.45, 7) is 0. The van der Waals surface area contributed by atoms with Crippen molar-refractivity contribution in [2.75, 3.05) is 5.32 Å². The van der Waals surface area contributed by atoms with Crippen molar-refractivity contribution in [1.82, 2.24) is 5.32 Å². The summed E-state index contributed by atoms with van der Waals surface area (Å²) in [7, 11) is 0. The molecular weight excluding hydrogens is 608 g/mol. The number of carbonyl (C=O) groups excluding carboxylic acids is 1. The van der Waals surface area contributed by atoms with Crippen LogP contribution < -0.4 is 15.4 Å². The molecule has 1 atom stereocenters. The van der Waals surface area contributed by atoms with Gasteiger partial charge in [-0.25, -0.2) is 4.79 Å². The number of amides is 1. The third-order valence-electron chi connectivity index (χ3n) is 8.66. The highest BCUT2D eigenvalue weighted by Crippen LogP contribution is 2.35. The predicted molar refractivity (Wildman–Crippen MR) is 188 cm³/mol. The molecule has 0 aromatic heterocycles. The van der Waals surface area contributed by atoms with Crippen molar-refractivity contribution in [2.45, 2.75) is 50.5 Å². The molecule has 0 heterocycles. The first-order chi connectivity index (χ1) is 22.9. The number of ether oxygens (including phenoxy) is 1. The molecule has 47 heavy (non-hydrogen) atoms. The van der Waals surface area contributed by atoms with Crippen LogP contribution in [0.25, 0.3) is 11.1 Å². The average molecular weight is 645 g/mol. The van der Waals surface area contributed by atoms with Gasteiger partial charge in [0.2, 0.25) is 0 Å². The fourth-order valence-corrected chi connectivity index (χ4v) is 6.32. The van der Waals surface area contributed by atoms with Crippen molar-refractivity contribution in [1.29, 1.82) is 0 Å². The van der Waals surface area contributed by atoms with Gasteiger partial charge in [-0.15, -0.1) is 0 Å². The summed E-state index contributed by atoms with van der Waals surface area (Å²) in [6, 6.07) is 37.1. The van der Waals surface area contributed by atoms with Gasteiger partial charge in [0.1, 0.15) is 17.5 Å². The molecule has 3 N–H and O–H groups in total. The summed E-state index contributed by atoms with van der Waals surface area (Å²) >= 11 is 6.29. The lowest BCUT2D eigenvalue weighted by molar-refractivity contribution is -0.139. The molecule has 1 saturated carbocycles. The second kappa shape index (κ2) is 15.0. The van der Waals surface area contributed by atoms with Crippen molar-refractivity contribution in [2.24, 2.45) is 0 Å². The number of nitrogens with one attached hydrogen (secondary N) is 2. The SMILES string of the molecule is O=C(NC(Cc1ccc(-c2ccccc2Oc2ccccc2)cc1)C(=O)O)c1cc(Cl)ccc1Nc1ccc(C2CCCCC2)cc1. The maximum atomic E-state index is 13.5. The van der Waals surface area contributed by atoms with Gasteiger partial charge in [0, 0.05) is 22.7 Å². The highest BCUT2D eigenvalue weighted by molar-refractivity contribution is 6.31. The molecule has 1 unspecified atom stereocenters. The Hall–Kier alpha value is -5.07. The van der Waals surface area contributed by atoms with Gasteiger partial charge in [-0.1, -0.05) is 104 Å². The van der Waals surface area contributed by atoms with E-state index < -0.39 is 17.9 Å². The number of carbonyl (C=O) groups is 2. The van der Waals surface area contributed by atoms with E-state index >= 15 is 0 Å². The van der Waals surface area contributed by atoms with Crippen molar-refractivity contribution in [3.8, 4) is 22.6 Å². The van der Waals surface area contributed by atoms with Gasteiger partial charge in [-0.3, -0.25) is 4.79 Å². The number of halogens is 1. The lowest BCUT2D eigenvalue weighted by Crippen LogP contribution is -2.42. The number of hydrogen-bond donors (Lipinski definition) is 3. The summed E-state index contributed by atoms with van der Waals surface area (Å²) in [5.41, 5.74) is 5.60. The Labute approximate surface area is 280 Å². The van der Waals surface area contributed by atoms with Crippen LogP contribution >= 0.6 is 11.6 Å². The predicted octanol–water partition coefficient (Wildman–Crippen LogP) is 10.0. The minimum Gasteiger partial charge on any atom is -0.480 e. The zero-order chi connectivity index (χ0) is 32.6. The lowest BCUT2D eigenvalue weighted by Gasteiger charge is -2.22. The van der Waals surface area contributed by atoms with Crippen LogP contribution in [0.5, 0.6) is 11.5 Å². The molecule has 6 rings (SSSR count). The molecule has 238 valence electrons. The van der Waals surface area contributed by atoms with Crippen molar-refractivity contribution in [3.63, 3.8) is 0 Å². The number of aliphatic carboxylic acids is 1. The molecule has 1 aliphatic rings. The number of rotatable bonds is 11. The molecule has 0 saturated heterocycles. The minimum atomic E-state index is -1.15. The van der Waals surface area contributed by atoms with Crippen LogP contribution in [0.4, 0.5) is 11.4 Å². The van der Waals surface area contributed by atoms with E-state index in [0.29, 0.717) is 22.4 Å². The molecule has 0 spiro atoms. The minimum absolute atomic E-state index is 0.107. The first-order valence-corrected chi connectivity index (χ1v) is 16.4. The van der Waals surface area contributed by atoms with Crippen LogP contribution in [0.2, 0.25) is 5.02 Å². The topological polar surface area (TPSA) is 87.7 Å². The van der Waals surface area contributed by atoms with Gasteiger partial charge in [0.15, 0.2) is 0 Å². The Balaban J connectivity index is 1.14. The van der Waals surface area contributed by atoms with E-state index in [9.17, 15) is 14.7 Å². The summed E-state index contributed by atoms with van der Waals surface area (Å²) in [5.74, 6) is 0.405. The Morgan fingerprint density at radius 1 is 0.809 bits per heavy atom. The molecule has 5 aromatic carbocycles. The number of carboxylic acid groups (broad SMARTS) is 1. The maximum absolute atomic E-state index is 13.5. The third-order valence-corrected chi connectivity index (χ3v) is 8.89. The van der Waals surface area contributed by atoms with E-state index in [0.717, 1.165) is 28.1 Å². The number of benzene rings is 5. The molecule has 1 aliphatic carbocycles. The van der Waals surface area contributed by atoms with Crippen LogP contribution in [0.15, 0.2) is 121 Å². The Morgan fingerprint density at radius 2 is 1.51 bits per heavy atom. The number of para-hydroxylation sites is 2. The molecule has 1 fully saturated rings. The van der Waals surface area contributed by atoms with Crippen LogP contribution in [-0.4, -0.2) is 23.0 Å². The zero-order valence-corrected chi connectivity index (χ0v) is 26.8. The van der Waals surface area contributed by atoms with Gasteiger partial charge in [-0.2, -0.15) is 0 Å². The standard InChI is InChI=1S/C40H37ClN2O4/c41-31-21-24-36(42-32-22-19-29(20-23-32)28-9-3-1-4-10-28)35(26-31)39(44)43-37(40(45)46)25-27-15-17-30(18-16-27)34-13-7-8-14-38(34)47-33-11-5-2-6-12-33/h2,5-8,11-24,26,28,37,42H,1,3-4,9-10,25H2,(H,43,44)(H,45,46). The monoisotopic (exact) mass is 644 g/mol. The van der Waals surface area contributed by atoms with Crippen molar-refractivity contribution in [3.05, 3.63) is 143 Å². The van der Waals surface area contributed by atoms with Gasteiger partial charge < -0.3 is 20.5 Å². The summed E-state index contributed by atoms with van der Waals surface area (Å²) < 4.78 is 6.12. The number of carboxylic acids is 1. The lowest BCUT2D eigenvalue weighted by atomic mass is 9.84. The van der Waals surface area contributed by atoms with Gasteiger partial charge >= 0.3 is 5.97 Å². The quantitative estimate of drug-likeness (QED) is 0.133. The van der Waals surface area contributed by atoms with Crippen LogP contribution in [0, 0.1) is 0 Å². The highest BCUT2D eigenvalue weighted by atomic mass is 35.5. The second-order valence-corrected chi connectivity index (χ2v) is 12.4. The van der Waals surface area contributed by atoms with E-state index in [1.165, 1.54) is 37.7 Å². The summed E-state index contributed by atoms with van der Waals surface area (Å²) in [4.78, 5) is 25.8. The molecule has 7 heteroatoms. The second-order valence-electron chi connectivity index (χ2n) is 11.9. The van der Waals surface area contributed by atoms with Crippen LogP contribution in [-0.2, 0) is 11.2 Å². The van der Waals surface area contributed by atoms with Gasteiger partial charge in [0.25, 0.3) is 5.91 Å². The molecule has 0 bridgehead atoms. The summed E-state index contributed by atoms with van der Waals surface area (Å²) in [6.07, 6.45) is 6.41. The molecule has 0 aliphatic heterocycles. The maximum Gasteiger partial charge on any atom is 0.326 e. The van der Waals surface area contributed by atoms with Crippen LogP contribution in [0.3, 0.4) is 0 Å². The summed E-state index contributed by atoms with van der Waals surface area (Å²) in [5, 5.41) is 16.5. The molecule has 0 radical (unpaired) electrons. The first kappa shape index (κ1) is 31.9. The average Bonchev–Trinajstić information content (AvgIpc) is 3.10.